The molecule has 0 amide bonds. The number of aryl methyl sites for hydroxylation is 1. The first kappa shape index (κ1) is 13.4. The smallest absolute Gasteiger partial charge is 0.311 e. The van der Waals surface area contributed by atoms with Crippen LogP contribution in [0.15, 0.2) is 30.6 Å². The van der Waals surface area contributed by atoms with Crippen molar-refractivity contribution in [1.82, 2.24) is 9.97 Å². The first-order valence-electron chi connectivity index (χ1n) is 5.82. The molecule has 0 N–H and O–H groups in total. The molecule has 7 nitrogen and oxygen atoms in total. The van der Waals surface area contributed by atoms with Crippen LogP contribution in [0.25, 0.3) is 0 Å². The van der Waals surface area contributed by atoms with Crippen LogP contribution in [0.3, 0.4) is 0 Å². The van der Waals surface area contributed by atoms with Gasteiger partial charge in [-0.3, -0.25) is 10.1 Å². The summed E-state index contributed by atoms with van der Waals surface area (Å²) in [5.41, 5.74) is 0.629. The molecule has 0 aliphatic carbocycles. The fourth-order valence-corrected chi connectivity index (χ4v) is 1.59. The second-order valence-electron chi connectivity index (χ2n) is 3.84. The molecule has 0 saturated heterocycles. The van der Waals surface area contributed by atoms with Crippen molar-refractivity contribution in [2.45, 2.75) is 13.3 Å². The van der Waals surface area contributed by atoms with Crippen molar-refractivity contribution in [1.29, 1.82) is 5.26 Å². The van der Waals surface area contributed by atoms with Crippen LogP contribution in [0, 0.1) is 21.4 Å². The lowest BCUT2D eigenvalue weighted by atomic mass is 10.1. The van der Waals surface area contributed by atoms with E-state index in [9.17, 15) is 10.1 Å². The van der Waals surface area contributed by atoms with Gasteiger partial charge in [0.25, 0.3) is 5.88 Å². The van der Waals surface area contributed by atoms with Crippen LogP contribution < -0.4 is 4.74 Å². The molecule has 7 heteroatoms. The van der Waals surface area contributed by atoms with Gasteiger partial charge in [-0.05, 0) is 18.1 Å². The Hall–Kier alpha value is -3.01. The van der Waals surface area contributed by atoms with E-state index in [1.165, 1.54) is 24.5 Å². The van der Waals surface area contributed by atoms with Crippen molar-refractivity contribution in [2.75, 3.05) is 0 Å². The molecular weight excluding hydrogens is 260 g/mol. The van der Waals surface area contributed by atoms with Crippen molar-refractivity contribution in [3.05, 3.63) is 52.0 Å². The molecule has 2 rings (SSSR count). The highest BCUT2D eigenvalue weighted by Crippen LogP contribution is 2.32. The van der Waals surface area contributed by atoms with Crippen molar-refractivity contribution in [2.24, 2.45) is 0 Å². The molecule has 0 unspecified atom stereocenters. The number of rotatable bonds is 4. The highest BCUT2D eigenvalue weighted by molar-refractivity contribution is 5.50. The number of nitriles is 1. The molecule has 0 spiro atoms. The molecule has 0 atom stereocenters. The number of hydrogen-bond donors (Lipinski definition) is 0. The number of ether oxygens (including phenoxy) is 1. The van der Waals surface area contributed by atoms with E-state index in [2.05, 4.69) is 9.97 Å². The minimum atomic E-state index is -0.531. The van der Waals surface area contributed by atoms with Crippen LogP contribution in [0.2, 0.25) is 0 Å². The number of nitro benzene ring substituents is 1. The molecular formula is C13H10N4O3. The lowest BCUT2D eigenvalue weighted by molar-refractivity contribution is -0.385. The van der Waals surface area contributed by atoms with Crippen molar-refractivity contribution in [3.63, 3.8) is 0 Å². The molecule has 0 aliphatic rings. The van der Waals surface area contributed by atoms with Crippen molar-refractivity contribution < 1.29 is 9.66 Å². The van der Waals surface area contributed by atoms with Crippen LogP contribution in [0.1, 0.15) is 18.2 Å². The summed E-state index contributed by atoms with van der Waals surface area (Å²) in [6.45, 7) is 1.90. The van der Waals surface area contributed by atoms with Gasteiger partial charge in [0.1, 0.15) is 6.07 Å². The van der Waals surface area contributed by atoms with Crippen LogP contribution in [-0.2, 0) is 6.42 Å². The van der Waals surface area contributed by atoms with Crippen molar-refractivity contribution >= 4 is 5.69 Å². The maximum absolute atomic E-state index is 11.1. The van der Waals surface area contributed by atoms with Crippen LogP contribution in [0.5, 0.6) is 11.6 Å². The third-order valence-corrected chi connectivity index (χ3v) is 2.61. The van der Waals surface area contributed by atoms with Gasteiger partial charge in [-0.25, -0.2) is 9.97 Å². The van der Waals surface area contributed by atoms with Crippen LogP contribution in [0.4, 0.5) is 5.69 Å². The summed E-state index contributed by atoms with van der Waals surface area (Å²) in [6, 6.07) is 6.48. The second kappa shape index (κ2) is 5.75. The van der Waals surface area contributed by atoms with E-state index in [0.717, 1.165) is 5.56 Å². The first-order valence-corrected chi connectivity index (χ1v) is 5.82. The maximum atomic E-state index is 11.1. The normalized spacial score (nSPS) is 9.80. The largest absolute Gasteiger partial charge is 0.429 e. The molecule has 0 radical (unpaired) electrons. The van der Waals surface area contributed by atoms with E-state index in [1.54, 1.807) is 6.07 Å². The van der Waals surface area contributed by atoms with Gasteiger partial charge in [-0.2, -0.15) is 5.26 Å². The molecule has 1 heterocycles. The molecule has 0 fully saturated rings. The molecule has 2 aromatic rings. The average molecular weight is 270 g/mol. The van der Waals surface area contributed by atoms with Gasteiger partial charge >= 0.3 is 5.69 Å². The van der Waals surface area contributed by atoms with Gasteiger partial charge in [0.05, 0.1) is 4.92 Å². The van der Waals surface area contributed by atoms with Crippen molar-refractivity contribution in [3.8, 4) is 17.7 Å². The fraction of sp³-hybridized carbons (Fsp3) is 0.154. The van der Waals surface area contributed by atoms with E-state index >= 15 is 0 Å². The van der Waals surface area contributed by atoms with E-state index < -0.39 is 4.92 Å². The van der Waals surface area contributed by atoms with E-state index in [4.69, 9.17) is 10.00 Å². The summed E-state index contributed by atoms with van der Waals surface area (Å²) in [7, 11) is 0. The van der Waals surface area contributed by atoms with Gasteiger partial charge in [-0.1, -0.05) is 13.0 Å². The summed E-state index contributed by atoms with van der Waals surface area (Å²) in [5, 5.41) is 19.9. The zero-order valence-corrected chi connectivity index (χ0v) is 10.6. The Labute approximate surface area is 114 Å². The van der Waals surface area contributed by atoms with Gasteiger partial charge in [0.2, 0.25) is 11.4 Å². The average Bonchev–Trinajstić information content (AvgIpc) is 2.48. The summed E-state index contributed by atoms with van der Waals surface area (Å²) in [5.74, 6) is -0.0217. The Balaban J connectivity index is 2.43. The quantitative estimate of drug-likeness (QED) is 0.625. The second-order valence-corrected chi connectivity index (χ2v) is 3.84. The topological polar surface area (TPSA) is 102 Å². The number of aromatic nitrogens is 2. The SMILES string of the molecule is CCc1ccc(Oc2nccnc2C#N)c([N+](=O)[O-])c1. The Morgan fingerprint density at radius 1 is 1.40 bits per heavy atom. The predicted molar refractivity (Wildman–Crippen MR) is 69.3 cm³/mol. The Morgan fingerprint density at radius 3 is 2.80 bits per heavy atom. The number of benzene rings is 1. The first-order chi connectivity index (χ1) is 9.65. The zero-order chi connectivity index (χ0) is 14.5. The molecule has 100 valence electrons. The monoisotopic (exact) mass is 270 g/mol. The van der Waals surface area contributed by atoms with Gasteiger partial charge < -0.3 is 4.74 Å². The lowest BCUT2D eigenvalue weighted by Crippen LogP contribution is -1.98. The maximum Gasteiger partial charge on any atom is 0.311 e. The summed E-state index contributed by atoms with van der Waals surface area (Å²) in [4.78, 5) is 18.2. The molecule has 1 aromatic carbocycles. The molecule has 0 aliphatic heterocycles. The molecule has 0 saturated carbocycles. The molecule has 0 bridgehead atoms. The third kappa shape index (κ3) is 2.70. The molecule has 1 aromatic heterocycles. The molecule has 20 heavy (non-hydrogen) atoms. The minimum Gasteiger partial charge on any atom is -0.429 e. The zero-order valence-electron chi connectivity index (χ0n) is 10.6. The Morgan fingerprint density at radius 2 is 2.15 bits per heavy atom. The lowest BCUT2D eigenvalue weighted by Gasteiger charge is -2.07. The summed E-state index contributed by atoms with van der Waals surface area (Å²) >= 11 is 0. The van der Waals surface area contributed by atoms with Gasteiger partial charge in [0, 0.05) is 18.5 Å². The standard InChI is InChI=1S/C13H10N4O3/c1-2-9-3-4-12(11(7-9)17(18)19)20-13-10(8-14)15-5-6-16-13/h3-7H,2H2,1H3. The van der Waals surface area contributed by atoms with E-state index in [1.807, 2.05) is 13.0 Å². The minimum absolute atomic E-state index is 0.0265. The Kier molecular flexibility index (Phi) is 3.86. The van der Waals surface area contributed by atoms with Gasteiger partial charge in [-0.15, -0.1) is 0 Å². The Bertz CT molecular complexity index is 694. The van der Waals surface area contributed by atoms with E-state index in [-0.39, 0.29) is 23.0 Å². The number of nitro groups is 1. The summed E-state index contributed by atoms with van der Waals surface area (Å²) < 4.78 is 5.35. The van der Waals surface area contributed by atoms with Gasteiger partial charge in [0.15, 0.2) is 0 Å². The van der Waals surface area contributed by atoms with Crippen LogP contribution in [-0.4, -0.2) is 14.9 Å². The predicted octanol–water partition coefficient (Wildman–Crippen LogP) is 2.61. The highest BCUT2D eigenvalue weighted by atomic mass is 16.6. The number of hydrogen-bond acceptors (Lipinski definition) is 6. The highest BCUT2D eigenvalue weighted by Gasteiger charge is 2.18. The fourth-order valence-electron chi connectivity index (χ4n) is 1.59. The third-order valence-electron chi connectivity index (χ3n) is 2.61. The van der Waals surface area contributed by atoms with E-state index in [0.29, 0.717) is 6.42 Å². The summed E-state index contributed by atoms with van der Waals surface area (Å²) in [6.07, 6.45) is 3.37. The number of nitrogens with zero attached hydrogens (tertiary/aromatic N) is 4. The van der Waals surface area contributed by atoms with Crippen LogP contribution >= 0.6 is 0 Å².